The molecule has 2 unspecified atom stereocenters. The molecule has 1 fully saturated rings. The number of carbonyl (C=O) groups excluding carboxylic acids is 3. The van der Waals surface area contributed by atoms with E-state index < -0.39 is 12.0 Å². The number of anilines is 1. The number of nitrogens with one attached hydrogen (secondary N) is 2. The van der Waals surface area contributed by atoms with E-state index in [4.69, 9.17) is 9.47 Å². The fourth-order valence-corrected chi connectivity index (χ4v) is 4.78. The van der Waals surface area contributed by atoms with Crippen LogP contribution in [-0.2, 0) is 20.8 Å². The number of hydrogen-bond donors (Lipinski definition) is 2. The lowest BCUT2D eigenvalue weighted by molar-refractivity contribution is -0.131. The van der Waals surface area contributed by atoms with Gasteiger partial charge in [-0.25, -0.2) is 0 Å². The van der Waals surface area contributed by atoms with Gasteiger partial charge in [0.15, 0.2) is 11.5 Å². The van der Waals surface area contributed by atoms with Crippen molar-refractivity contribution in [2.75, 3.05) is 18.2 Å². The normalized spacial score (nSPS) is 22.0. The minimum Gasteiger partial charge on any atom is -0.454 e. The van der Waals surface area contributed by atoms with Gasteiger partial charge in [-0.3, -0.25) is 14.4 Å². The van der Waals surface area contributed by atoms with E-state index in [1.807, 2.05) is 12.1 Å². The van der Waals surface area contributed by atoms with Crippen LogP contribution in [0.4, 0.5) is 5.69 Å². The molecular formula is C25H27N3O5. The molecule has 2 aromatic carbocycles. The Morgan fingerprint density at radius 3 is 2.82 bits per heavy atom. The third-order valence-electron chi connectivity index (χ3n) is 6.60. The summed E-state index contributed by atoms with van der Waals surface area (Å²) >= 11 is 0. The standard InChI is InChI=1S/C25H27N3O5/c1-15(24(30)27-20-8-4-6-16-5-2-3-7-19(16)20)26-25(31)17-11-23(29)28(13-17)18-9-10-21-22(12-18)33-14-32-21/h2-3,5,7,9-10,12,15,17,20H,4,6,8,11,13-14H2,1H3,(H,26,31)(H,27,30)/t15-,17?,20?/m1/s1. The van der Waals surface area contributed by atoms with Gasteiger partial charge in [-0.05, 0) is 49.4 Å². The predicted octanol–water partition coefficient (Wildman–Crippen LogP) is 2.47. The number of amides is 3. The molecule has 1 aliphatic carbocycles. The van der Waals surface area contributed by atoms with Crippen molar-refractivity contribution < 1.29 is 23.9 Å². The second-order valence-electron chi connectivity index (χ2n) is 8.83. The Hall–Kier alpha value is -3.55. The molecule has 2 aliphatic heterocycles. The number of benzene rings is 2. The third kappa shape index (κ3) is 4.25. The number of fused-ring (bicyclic) bond motifs is 2. The summed E-state index contributed by atoms with van der Waals surface area (Å²) in [4.78, 5) is 39.8. The van der Waals surface area contributed by atoms with Crippen molar-refractivity contribution in [1.82, 2.24) is 10.6 Å². The van der Waals surface area contributed by atoms with Crippen LogP contribution in [0.3, 0.4) is 0 Å². The zero-order valence-corrected chi connectivity index (χ0v) is 18.5. The molecule has 0 spiro atoms. The largest absolute Gasteiger partial charge is 0.454 e. The van der Waals surface area contributed by atoms with Crippen LogP contribution in [-0.4, -0.2) is 37.1 Å². The molecule has 2 heterocycles. The number of carbonyl (C=O) groups is 3. The SMILES string of the molecule is C[C@@H](NC(=O)C1CC(=O)N(c2ccc3c(c2)OCO3)C1)C(=O)NC1CCCc2ccccc21. The zero-order valence-electron chi connectivity index (χ0n) is 18.5. The van der Waals surface area contributed by atoms with Crippen molar-refractivity contribution in [2.45, 2.75) is 44.7 Å². The number of nitrogens with zero attached hydrogens (tertiary/aromatic N) is 1. The number of rotatable bonds is 5. The number of aryl methyl sites for hydroxylation is 1. The summed E-state index contributed by atoms with van der Waals surface area (Å²) in [6.07, 6.45) is 3.02. The highest BCUT2D eigenvalue weighted by Gasteiger charge is 2.37. The van der Waals surface area contributed by atoms with Gasteiger partial charge in [0.05, 0.1) is 12.0 Å². The van der Waals surface area contributed by atoms with Crippen molar-refractivity contribution in [3.05, 3.63) is 53.6 Å². The fourth-order valence-electron chi connectivity index (χ4n) is 4.78. The molecule has 33 heavy (non-hydrogen) atoms. The van der Waals surface area contributed by atoms with E-state index in [0.717, 1.165) is 24.8 Å². The van der Waals surface area contributed by atoms with E-state index in [1.54, 1.807) is 30.0 Å². The van der Waals surface area contributed by atoms with Crippen molar-refractivity contribution in [3.63, 3.8) is 0 Å². The van der Waals surface area contributed by atoms with Crippen LogP contribution in [0.5, 0.6) is 11.5 Å². The average molecular weight is 450 g/mol. The second kappa shape index (κ2) is 8.77. The maximum absolute atomic E-state index is 12.8. The van der Waals surface area contributed by atoms with E-state index in [0.29, 0.717) is 17.2 Å². The molecule has 0 saturated carbocycles. The molecule has 0 radical (unpaired) electrons. The van der Waals surface area contributed by atoms with Gasteiger partial charge in [-0.2, -0.15) is 0 Å². The Balaban J connectivity index is 1.18. The third-order valence-corrected chi connectivity index (χ3v) is 6.60. The molecule has 0 bridgehead atoms. The summed E-state index contributed by atoms with van der Waals surface area (Å²) in [5, 5.41) is 5.88. The van der Waals surface area contributed by atoms with E-state index >= 15 is 0 Å². The Morgan fingerprint density at radius 1 is 1.12 bits per heavy atom. The molecule has 8 heteroatoms. The molecule has 1 saturated heterocycles. The van der Waals surface area contributed by atoms with Gasteiger partial charge >= 0.3 is 0 Å². The summed E-state index contributed by atoms with van der Waals surface area (Å²) in [6.45, 7) is 2.09. The van der Waals surface area contributed by atoms with Crippen LogP contribution in [0.1, 0.15) is 43.4 Å². The molecular weight excluding hydrogens is 422 g/mol. The second-order valence-corrected chi connectivity index (χ2v) is 8.83. The monoisotopic (exact) mass is 449 g/mol. The van der Waals surface area contributed by atoms with Crippen molar-refractivity contribution in [3.8, 4) is 11.5 Å². The van der Waals surface area contributed by atoms with Crippen LogP contribution < -0.4 is 25.0 Å². The Labute approximate surface area is 192 Å². The Morgan fingerprint density at radius 2 is 1.94 bits per heavy atom. The first-order chi connectivity index (χ1) is 16.0. The smallest absolute Gasteiger partial charge is 0.242 e. The first-order valence-corrected chi connectivity index (χ1v) is 11.4. The highest BCUT2D eigenvalue weighted by atomic mass is 16.7. The summed E-state index contributed by atoms with van der Waals surface area (Å²) < 4.78 is 10.7. The molecule has 5 rings (SSSR count). The molecule has 8 nitrogen and oxygen atoms in total. The van der Waals surface area contributed by atoms with Crippen molar-refractivity contribution in [1.29, 1.82) is 0 Å². The van der Waals surface area contributed by atoms with Crippen LogP contribution in [0.15, 0.2) is 42.5 Å². The maximum Gasteiger partial charge on any atom is 0.242 e. The molecule has 0 aromatic heterocycles. The summed E-state index contributed by atoms with van der Waals surface area (Å²) in [7, 11) is 0. The van der Waals surface area contributed by atoms with Crippen molar-refractivity contribution >= 4 is 23.4 Å². The lowest BCUT2D eigenvalue weighted by atomic mass is 9.87. The summed E-state index contributed by atoms with van der Waals surface area (Å²) in [5.74, 6) is 0.0571. The highest BCUT2D eigenvalue weighted by Crippen LogP contribution is 2.37. The maximum atomic E-state index is 12.8. The van der Waals surface area contributed by atoms with E-state index in [2.05, 4.69) is 22.8 Å². The van der Waals surface area contributed by atoms with Gasteiger partial charge in [0.25, 0.3) is 0 Å². The van der Waals surface area contributed by atoms with Crippen LogP contribution >= 0.6 is 0 Å². The zero-order chi connectivity index (χ0) is 22.9. The quantitative estimate of drug-likeness (QED) is 0.731. The van der Waals surface area contributed by atoms with E-state index in [-0.39, 0.29) is 43.5 Å². The number of ether oxygens (including phenoxy) is 2. The summed E-state index contributed by atoms with van der Waals surface area (Å²) in [5.41, 5.74) is 3.08. The Kier molecular flexibility index (Phi) is 5.66. The molecule has 3 atom stereocenters. The van der Waals surface area contributed by atoms with E-state index in [1.165, 1.54) is 5.56 Å². The van der Waals surface area contributed by atoms with Gasteiger partial charge in [-0.15, -0.1) is 0 Å². The first kappa shape index (κ1) is 21.3. The summed E-state index contributed by atoms with van der Waals surface area (Å²) in [6, 6.07) is 12.7. The predicted molar refractivity (Wildman–Crippen MR) is 121 cm³/mol. The lowest BCUT2D eigenvalue weighted by Crippen LogP contribution is -2.48. The van der Waals surface area contributed by atoms with Gasteiger partial charge in [0, 0.05) is 24.7 Å². The lowest BCUT2D eigenvalue weighted by Gasteiger charge is -2.28. The Bertz CT molecular complexity index is 1100. The molecule has 3 aliphatic rings. The molecule has 3 amide bonds. The van der Waals surface area contributed by atoms with Crippen LogP contribution in [0, 0.1) is 5.92 Å². The number of hydrogen-bond acceptors (Lipinski definition) is 5. The first-order valence-electron chi connectivity index (χ1n) is 11.4. The highest BCUT2D eigenvalue weighted by molar-refractivity contribution is 6.01. The van der Waals surface area contributed by atoms with Crippen molar-refractivity contribution in [2.24, 2.45) is 5.92 Å². The molecule has 2 N–H and O–H groups in total. The average Bonchev–Trinajstić information content (AvgIpc) is 3.45. The van der Waals surface area contributed by atoms with E-state index in [9.17, 15) is 14.4 Å². The van der Waals surface area contributed by atoms with Gasteiger partial charge < -0.3 is 25.0 Å². The van der Waals surface area contributed by atoms with Crippen LogP contribution in [0.2, 0.25) is 0 Å². The van der Waals surface area contributed by atoms with Gasteiger partial charge in [-0.1, -0.05) is 24.3 Å². The van der Waals surface area contributed by atoms with Crippen LogP contribution in [0.25, 0.3) is 0 Å². The topological polar surface area (TPSA) is 97.0 Å². The van der Waals surface area contributed by atoms with Gasteiger partial charge in [0.2, 0.25) is 24.5 Å². The molecule has 172 valence electrons. The minimum atomic E-state index is -0.693. The minimum absolute atomic E-state index is 0.0450. The molecule has 2 aromatic rings. The van der Waals surface area contributed by atoms with Gasteiger partial charge in [0.1, 0.15) is 6.04 Å². The fraction of sp³-hybridized carbons (Fsp3) is 0.400.